The van der Waals surface area contributed by atoms with Crippen LogP contribution in [0, 0.1) is 29.1 Å². The molecule has 9 nitrogen and oxygen atoms in total. The van der Waals surface area contributed by atoms with Crippen molar-refractivity contribution < 1.29 is 24.0 Å². The van der Waals surface area contributed by atoms with Crippen molar-refractivity contribution >= 4 is 29.4 Å². The molecule has 1 aromatic rings. The normalized spacial score (nSPS) is 25.0. The second-order valence-corrected chi connectivity index (χ2v) is 13.9. The molecule has 0 aromatic heterocycles. The van der Waals surface area contributed by atoms with E-state index in [-0.39, 0.29) is 41.5 Å². The number of nitrogens with one attached hydrogen (secondary N) is 3. The number of carbonyl (C=O) groups is 5. The lowest BCUT2D eigenvalue weighted by Gasteiger charge is -2.35. The smallest absolute Gasteiger partial charge is 0.289 e. The number of Topliss-reactive ketones (excluding diaryl/α,β-unsaturated/α-hetero) is 1. The first-order valence-corrected chi connectivity index (χ1v) is 16.5. The maximum absolute atomic E-state index is 14.5. The fraction of sp³-hybridized carbons (Fsp3) is 0.629. The molecule has 3 fully saturated rings. The van der Waals surface area contributed by atoms with Crippen LogP contribution in [0.5, 0.6) is 0 Å². The van der Waals surface area contributed by atoms with Gasteiger partial charge in [-0.1, -0.05) is 70.4 Å². The van der Waals surface area contributed by atoms with Crippen molar-refractivity contribution in [3.05, 3.63) is 48.0 Å². The van der Waals surface area contributed by atoms with E-state index in [1.807, 2.05) is 19.1 Å². The molecule has 1 saturated heterocycles. The summed E-state index contributed by atoms with van der Waals surface area (Å²) in [4.78, 5) is 68.9. The van der Waals surface area contributed by atoms with Crippen molar-refractivity contribution in [3.63, 3.8) is 0 Å². The number of likely N-dealkylation sites (tertiary alicyclic amines) is 1. The Balaban J connectivity index is 1.36. The second kappa shape index (κ2) is 13.2. The molecule has 44 heavy (non-hydrogen) atoms. The van der Waals surface area contributed by atoms with Crippen LogP contribution in [-0.2, 0) is 36.8 Å². The molecule has 5 unspecified atom stereocenters. The van der Waals surface area contributed by atoms with E-state index >= 15 is 0 Å². The molecule has 3 aliphatic carbocycles. The quantitative estimate of drug-likeness (QED) is 0.236. The minimum Gasteiger partial charge on any atom is -0.346 e. The van der Waals surface area contributed by atoms with E-state index in [4.69, 9.17) is 0 Å². The minimum atomic E-state index is -0.985. The average molecular weight is 605 g/mol. The Hall–Kier alpha value is -3.49. The number of amides is 4. The van der Waals surface area contributed by atoms with Gasteiger partial charge < -0.3 is 20.9 Å². The monoisotopic (exact) mass is 604 g/mol. The van der Waals surface area contributed by atoms with Gasteiger partial charge in [0.2, 0.25) is 23.5 Å². The molecule has 0 bridgehead atoms. The third-order valence-corrected chi connectivity index (χ3v) is 10.7. The van der Waals surface area contributed by atoms with Gasteiger partial charge in [0.15, 0.2) is 0 Å². The van der Waals surface area contributed by atoms with E-state index in [0.29, 0.717) is 44.6 Å². The maximum atomic E-state index is 14.5. The SMILES string of the molecule is C=CCNC(=O)C(=O)C(CCC)NC(=O)C1C2C(CN1C(=O)C(NC(=O)CC1CCCC1)C1Cc3ccccc3C1)C2(C)C. The van der Waals surface area contributed by atoms with Gasteiger partial charge >= 0.3 is 0 Å². The van der Waals surface area contributed by atoms with Gasteiger partial charge in [0.25, 0.3) is 5.91 Å². The summed E-state index contributed by atoms with van der Waals surface area (Å²) in [5.74, 6) is -1.88. The van der Waals surface area contributed by atoms with E-state index < -0.39 is 35.7 Å². The molecule has 5 rings (SSSR count). The lowest BCUT2D eigenvalue weighted by molar-refractivity contribution is -0.145. The molecule has 1 heterocycles. The van der Waals surface area contributed by atoms with E-state index in [1.165, 1.54) is 17.2 Å². The van der Waals surface area contributed by atoms with Gasteiger partial charge in [-0.25, -0.2) is 0 Å². The van der Waals surface area contributed by atoms with Gasteiger partial charge in [-0.2, -0.15) is 0 Å². The maximum Gasteiger partial charge on any atom is 0.289 e. The number of piperidine rings is 1. The van der Waals surface area contributed by atoms with Crippen molar-refractivity contribution in [2.24, 2.45) is 29.1 Å². The van der Waals surface area contributed by atoms with Crippen LogP contribution in [-0.4, -0.2) is 65.5 Å². The highest BCUT2D eigenvalue weighted by atomic mass is 16.2. The molecule has 1 aromatic carbocycles. The number of hydrogen-bond donors (Lipinski definition) is 3. The zero-order chi connectivity index (χ0) is 31.6. The zero-order valence-electron chi connectivity index (χ0n) is 26.4. The van der Waals surface area contributed by atoms with Crippen LogP contribution < -0.4 is 16.0 Å². The molecule has 0 radical (unpaired) electrons. The second-order valence-electron chi connectivity index (χ2n) is 13.9. The van der Waals surface area contributed by atoms with Gasteiger partial charge in [-0.3, -0.25) is 24.0 Å². The Morgan fingerprint density at radius 3 is 2.32 bits per heavy atom. The first kappa shape index (κ1) is 31.9. The topological polar surface area (TPSA) is 125 Å². The Morgan fingerprint density at radius 2 is 1.70 bits per heavy atom. The van der Waals surface area contributed by atoms with Crippen LogP contribution in [0.2, 0.25) is 0 Å². The van der Waals surface area contributed by atoms with Crippen molar-refractivity contribution in [2.45, 2.75) is 96.7 Å². The number of fused-ring (bicyclic) bond motifs is 2. The van der Waals surface area contributed by atoms with Gasteiger partial charge in [0.05, 0.1) is 6.04 Å². The lowest BCUT2D eigenvalue weighted by atomic mass is 9.92. The summed E-state index contributed by atoms with van der Waals surface area (Å²) in [5, 5.41) is 8.50. The highest BCUT2D eigenvalue weighted by Gasteiger charge is 2.69. The number of rotatable bonds is 13. The minimum absolute atomic E-state index is 0.0611. The van der Waals surface area contributed by atoms with Gasteiger partial charge in [-0.15, -0.1) is 6.58 Å². The summed E-state index contributed by atoms with van der Waals surface area (Å²) in [5.41, 5.74) is 2.25. The predicted octanol–water partition coefficient (Wildman–Crippen LogP) is 3.11. The molecule has 9 heteroatoms. The molecule has 1 aliphatic heterocycles. The van der Waals surface area contributed by atoms with Crippen molar-refractivity contribution in [1.29, 1.82) is 0 Å². The molecule has 4 aliphatic rings. The van der Waals surface area contributed by atoms with E-state index in [1.54, 1.807) is 4.90 Å². The summed E-state index contributed by atoms with van der Waals surface area (Å²) < 4.78 is 0. The summed E-state index contributed by atoms with van der Waals surface area (Å²) in [6.45, 7) is 10.2. The van der Waals surface area contributed by atoms with Crippen LogP contribution in [0.3, 0.4) is 0 Å². The summed E-state index contributed by atoms with van der Waals surface area (Å²) in [6.07, 6.45) is 8.53. The average Bonchev–Trinajstić information content (AvgIpc) is 3.57. The largest absolute Gasteiger partial charge is 0.346 e. The molecular formula is C35H48N4O5. The summed E-state index contributed by atoms with van der Waals surface area (Å²) in [6, 6.07) is 5.65. The first-order valence-electron chi connectivity index (χ1n) is 16.5. The molecule has 238 valence electrons. The van der Waals surface area contributed by atoms with E-state index in [9.17, 15) is 24.0 Å². The number of hydrogen-bond acceptors (Lipinski definition) is 5. The standard InChI is InChI=1S/C35H48N4O5/c1-5-11-26(31(41)33(43)36-16-6-2)37-32(42)30-28-25(35(28,3)4)20-39(30)34(44)29(38-27(40)17-21-12-7-8-13-21)24-18-22-14-9-10-15-23(22)19-24/h6,9-10,14-15,21,24-26,28-30H,2,5,7-8,11-13,16-20H2,1,3-4H3,(H,36,43)(H,37,42)(H,38,40). The fourth-order valence-electron chi connectivity index (χ4n) is 8.14. The van der Waals surface area contributed by atoms with Crippen LogP contribution in [0.15, 0.2) is 36.9 Å². The fourth-order valence-corrected chi connectivity index (χ4v) is 8.14. The highest BCUT2D eigenvalue weighted by molar-refractivity contribution is 6.38. The van der Waals surface area contributed by atoms with Crippen molar-refractivity contribution in [1.82, 2.24) is 20.9 Å². The first-order chi connectivity index (χ1) is 21.1. The molecule has 2 saturated carbocycles. The zero-order valence-corrected chi connectivity index (χ0v) is 26.4. The van der Waals surface area contributed by atoms with Crippen molar-refractivity contribution in [2.75, 3.05) is 13.1 Å². The van der Waals surface area contributed by atoms with Crippen LogP contribution in [0.1, 0.15) is 76.8 Å². The number of ketones is 1. The molecule has 0 spiro atoms. The summed E-state index contributed by atoms with van der Waals surface area (Å²) >= 11 is 0. The Bertz CT molecular complexity index is 1280. The third-order valence-electron chi connectivity index (χ3n) is 10.7. The number of benzene rings is 1. The summed E-state index contributed by atoms with van der Waals surface area (Å²) in [7, 11) is 0. The van der Waals surface area contributed by atoms with Crippen molar-refractivity contribution in [3.8, 4) is 0 Å². The van der Waals surface area contributed by atoms with Gasteiger partial charge in [0.1, 0.15) is 12.1 Å². The molecule has 3 N–H and O–H groups in total. The van der Waals surface area contributed by atoms with Crippen LogP contribution in [0.25, 0.3) is 0 Å². The van der Waals surface area contributed by atoms with E-state index in [2.05, 4.69) is 48.5 Å². The van der Waals surface area contributed by atoms with Gasteiger partial charge in [0, 0.05) is 19.5 Å². The Kier molecular flexibility index (Phi) is 9.61. The Labute approximate surface area is 261 Å². The van der Waals surface area contributed by atoms with Gasteiger partial charge in [-0.05, 0) is 72.3 Å². The third kappa shape index (κ3) is 6.47. The van der Waals surface area contributed by atoms with Crippen LogP contribution in [0.4, 0.5) is 0 Å². The predicted molar refractivity (Wildman–Crippen MR) is 167 cm³/mol. The highest BCUT2D eigenvalue weighted by Crippen LogP contribution is 2.65. The number of carbonyl (C=O) groups excluding carboxylic acids is 5. The Morgan fingerprint density at radius 1 is 1.05 bits per heavy atom. The molecular weight excluding hydrogens is 556 g/mol. The van der Waals surface area contributed by atoms with E-state index in [0.717, 1.165) is 25.7 Å². The number of nitrogens with zero attached hydrogens (tertiary/aromatic N) is 1. The molecule has 4 amide bonds. The lowest BCUT2D eigenvalue weighted by Crippen LogP contribution is -2.59. The van der Waals surface area contributed by atoms with Crippen LogP contribution >= 0.6 is 0 Å². The molecule has 5 atom stereocenters.